The van der Waals surface area contributed by atoms with Gasteiger partial charge < -0.3 is 5.32 Å². The summed E-state index contributed by atoms with van der Waals surface area (Å²) in [6.07, 6.45) is 2.45. The van der Waals surface area contributed by atoms with E-state index in [1.165, 1.54) is 22.5 Å². The lowest BCUT2D eigenvalue weighted by atomic mass is 10.2. The number of fused-ring (bicyclic) bond motifs is 1. The first-order valence-corrected chi connectivity index (χ1v) is 6.32. The zero-order chi connectivity index (χ0) is 10.3. The number of aromatic nitrogens is 1. The Morgan fingerprint density at radius 3 is 3.20 bits per heavy atom. The Hall–Kier alpha value is -0.640. The van der Waals surface area contributed by atoms with Crippen molar-refractivity contribution < 1.29 is 0 Å². The minimum absolute atomic E-state index is 0.459. The lowest BCUT2D eigenvalue weighted by molar-refractivity contribution is 0.644. The molecule has 0 radical (unpaired) electrons. The van der Waals surface area contributed by atoms with E-state index in [-0.39, 0.29) is 0 Å². The Morgan fingerprint density at radius 2 is 2.40 bits per heavy atom. The Labute approximate surface area is 97.3 Å². The predicted molar refractivity (Wildman–Crippen MR) is 64.6 cm³/mol. The van der Waals surface area contributed by atoms with Crippen molar-refractivity contribution in [2.24, 2.45) is 0 Å². The maximum absolute atomic E-state index is 5.94. The van der Waals surface area contributed by atoms with Crippen LogP contribution in [-0.2, 0) is 0 Å². The zero-order valence-corrected chi connectivity index (χ0v) is 9.74. The fourth-order valence-electron chi connectivity index (χ4n) is 1.96. The number of nitrogens with one attached hydrogen (secondary N) is 1. The maximum Gasteiger partial charge on any atom is 0.111 e. The van der Waals surface area contributed by atoms with Crippen molar-refractivity contribution >= 4 is 33.2 Å². The van der Waals surface area contributed by atoms with Crippen LogP contribution >= 0.6 is 22.9 Å². The molecule has 1 aliphatic heterocycles. The van der Waals surface area contributed by atoms with Crippen molar-refractivity contribution in [2.75, 3.05) is 6.54 Å². The van der Waals surface area contributed by atoms with Gasteiger partial charge in [-0.3, -0.25) is 0 Å². The highest BCUT2D eigenvalue weighted by atomic mass is 35.5. The number of nitrogens with zero attached hydrogens (tertiary/aromatic N) is 1. The average molecular weight is 239 g/mol. The fraction of sp³-hybridized carbons (Fsp3) is 0.364. The molecule has 1 atom stereocenters. The molecule has 1 aliphatic rings. The quantitative estimate of drug-likeness (QED) is 0.824. The predicted octanol–water partition coefficient (Wildman–Crippen LogP) is 3.37. The SMILES string of the molecule is Clc1ccc2sc([C@H]3CCCN3)nc2c1. The molecule has 0 spiro atoms. The van der Waals surface area contributed by atoms with Crippen LogP contribution in [0.3, 0.4) is 0 Å². The van der Waals surface area contributed by atoms with E-state index in [4.69, 9.17) is 11.6 Å². The molecule has 1 saturated heterocycles. The molecule has 1 fully saturated rings. The van der Waals surface area contributed by atoms with E-state index >= 15 is 0 Å². The van der Waals surface area contributed by atoms with Crippen LogP contribution < -0.4 is 5.32 Å². The minimum Gasteiger partial charge on any atom is -0.308 e. The van der Waals surface area contributed by atoms with Gasteiger partial charge in [0, 0.05) is 5.02 Å². The molecule has 0 aliphatic carbocycles. The summed E-state index contributed by atoms with van der Waals surface area (Å²) in [6, 6.07) is 6.37. The second-order valence-electron chi connectivity index (χ2n) is 3.81. The molecule has 2 aromatic rings. The number of hydrogen-bond acceptors (Lipinski definition) is 3. The molecule has 1 aromatic carbocycles. The number of benzene rings is 1. The first kappa shape index (κ1) is 9.58. The van der Waals surface area contributed by atoms with Gasteiger partial charge in [-0.15, -0.1) is 11.3 Å². The van der Waals surface area contributed by atoms with E-state index in [0.29, 0.717) is 6.04 Å². The van der Waals surface area contributed by atoms with E-state index in [2.05, 4.69) is 10.3 Å². The van der Waals surface area contributed by atoms with Gasteiger partial charge in [0.2, 0.25) is 0 Å². The highest BCUT2D eigenvalue weighted by molar-refractivity contribution is 7.18. The Morgan fingerprint density at radius 1 is 1.47 bits per heavy atom. The summed E-state index contributed by atoms with van der Waals surface area (Å²) in [7, 11) is 0. The van der Waals surface area contributed by atoms with Gasteiger partial charge in [-0.2, -0.15) is 0 Å². The van der Waals surface area contributed by atoms with Crippen LogP contribution in [0.15, 0.2) is 18.2 Å². The first-order chi connectivity index (χ1) is 7.33. The van der Waals surface area contributed by atoms with Crippen LogP contribution in [0.4, 0.5) is 0 Å². The lowest BCUT2D eigenvalue weighted by Crippen LogP contribution is -2.12. The summed E-state index contributed by atoms with van der Waals surface area (Å²) in [5.41, 5.74) is 1.02. The summed E-state index contributed by atoms with van der Waals surface area (Å²) in [5, 5.41) is 5.42. The second-order valence-corrected chi connectivity index (χ2v) is 5.31. The molecular weight excluding hydrogens is 228 g/mol. The summed E-state index contributed by atoms with van der Waals surface area (Å²) in [6.45, 7) is 1.11. The van der Waals surface area contributed by atoms with Gasteiger partial charge in [0.25, 0.3) is 0 Å². The normalized spacial score (nSPS) is 21.3. The van der Waals surface area contributed by atoms with Crippen molar-refractivity contribution in [3.8, 4) is 0 Å². The van der Waals surface area contributed by atoms with Crippen molar-refractivity contribution in [1.29, 1.82) is 0 Å². The molecule has 1 aromatic heterocycles. The Balaban J connectivity index is 2.05. The van der Waals surface area contributed by atoms with E-state index in [0.717, 1.165) is 17.1 Å². The largest absolute Gasteiger partial charge is 0.308 e. The number of hydrogen-bond donors (Lipinski definition) is 1. The molecule has 0 amide bonds. The highest BCUT2D eigenvalue weighted by Crippen LogP contribution is 2.31. The van der Waals surface area contributed by atoms with Crippen LogP contribution in [0.5, 0.6) is 0 Å². The van der Waals surface area contributed by atoms with E-state index < -0.39 is 0 Å². The van der Waals surface area contributed by atoms with Crippen LogP contribution in [-0.4, -0.2) is 11.5 Å². The van der Waals surface area contributed by atoms with E-state index in [1.807, 2.05) is 18.2 Å². The van der Waals surface area contributed by atoms with Crippen molar-refractivity contribution in [3.05, 3.63) is 28.2 Å². The first-order valence-electron chi connectivity index (χ1n) is 5.12. The summed E-state index contributed by atoms with van der Waals surface area (Å²) in [5.74, 6) is 0. The minimum atomic E-state index is 0.459. The fourth-order valence-corrected chi connectivity index (χ4v) is 3.19. The third kappa shape index (κ3) is 1.75. The molecular formula is C11H11ClN2S. The van der Waals surface area contributed by atoms with Gasteiger partial charge >= 0.3 is 0 Å². The van der Waals surface area contributed by atoms with Crippen molar-refractivity contribution in [2.45, 2.75) is 18.9 Å². The third-order valence-corrected chi connectivity index (χ3v) is 4.11. The molecule has 4 heteroatoms. The van der Waals surface area contributed by atoms with Gasteiger partial charge in [-0.05, 0) is 37.6 Å². The van der Waals surface area contributed by atoms with E-state index in [9.17, 15) is 0 Å². The van der Waals surface area contributed by atoms with Gasteiger partial charge in [0.15, 0.2) is 0 Å². The maximum atomic E-state index is 5.94. The number of rotatable bonds is 1. The Kier molecular flexibility index (Phi) is 2.39. The number of halogens is 1. The van der Waals surface area contributed by atoms with Crippen molar-refractivity contribution in [1.82, 2.24) is 10.3 Å². The van der Waals surface area contributed by atoms with Crippen LogP contribution in [0.1, 0.15) is 23.9 Å². The summed E-state index contributed by atoms with van der Waals surface area (Å²) >= 11 is 7.71. The molecule has 0 saturated carbocycles. The monoisotopic (exact) mass is 238 g/mol. The van der Waals surface area contributed by atoms with Crippen molar-refractivity contribution in [3.63, 3.8) is 0 Å². The van der Waals surface area contributed by atoms with Gasteiger partial charge in [0.05, 0.1) is 16.3 Å². The molecule has 78 valence electrons. The molecule has 2 heterocycles. The van der Waals surface area contributed by atoms with Gasteiger partial charge in [-0.25, -0.2) is 4.98 Å². The van der Waals surface area contributed by atoms with Crippen LogP contribution in [0.25, 0.3) is 10.2 Å². The highest BCUT2D eigenvalue weighted by Gasteiger charge is 2.19. The summed E-state index contributed by atoms with van der Waals surface area (Å²) in [4.78, 5) is 4.63. The lowest BCUT2D eigenvalue weighted by Gasteiger charge is -2.03. The van der Waals surface area contributed by atoms with Crippen LogP contribution in [0, 0.1) is 0 Å². The van der Waals surface area contributed by atoms with Gasteiger partial charge in [0.1, 0.15) is 5.01 Å². The molecule has 0 bridgehead atoms. The molecule has 0 unspecified atom stereocenters. The van der Waals surface area contributed by atoms with E-state index in [1.54, 1.807) is 11.3 Å². The zero-order valence-electron chi connectivity index (χ0n) is 8.16. The van der Waals surface area contributed by atoms with Gasteiger partial charge in [-0.1, -0.05) is 11.6 Å². The standard InChI is InChI=1S/C11H11ClN2S/c12-7-3-4-10-9(6-7)14-11(15-10)8-2-1-5-13-8/h3-4,6,8,13H,1-2,5H2/t8-/m1/s1. The van der Waals surface area contributed by atoms with Crippen LogP contribution in [0.2, 0.25) is 5.02 Å². The smallest absolute Gasteiger partial charge is 0.111 e. The number of thiazole rings is 1. The molecule has 15 heavy (non-hydrogen) atoms. The third-order valence-electron chi connectivity index (χ3n) is 2.72. The average Bonchev–Trinajstić information content (AvgIpc) is 2.84. The molecule has 3 rings (SSSR count). The molecule has 2 nitrogen and oxygen atoms in total. The summed E-state index contributed by atoms with van der Waals surface area (Å²) < 4.78 is 1.23. The topological polar surface area (TPSA) is 24.9 Å². The second kappa shape index (κ2) is 3.74. The Bertz CT molecular complexity index is 488. The molecule has 1 N–H and O–H groups in total.